The van der Waals surface area contributed by atoms with E-state index in [1.54, 1.807) is 30.5 Å². The van der Waals surface area contributed by atoms with Crippen LogP contribution in [-0.4, -0.2) is 10.9 Å². The minimum atomic E-state index is -0.150. The Morgan fingerprint density at radius 3 is 2.62 bits per heavy atom. The first kappa shape index (κ1) is 13.6. The summed E-state index contributed by atoms with van der Waals surface area (Å²) >= 11 is 6.12. The zero-order valence-electron chi connectivity index (χ0n) is 11.4. The molecular formula is C17H13ClN2O. The van der Waals surface area contributed by atoms with Gasteiger partial charge in [0, 0.05) is 17.1 Å². The van der Waals surface area contributed by atoms with Crippen LogP contribution in [0.3, 0.4) is 0 Å². The number of rotatable bonds is 2. The van der Waals surface area contributed by atoms with Gasteiger partial charge in [-0.25, -0.2) is 0 Å². The maximum atomic E-state index is 12.3. The minimum Gasteiger partial charge on any atom is -0.321 e. The summed E-state index contributed by atoms with van der Waals surface area (Å²) in [5, 5.41) is 4.30. The number of halogens is 1. The first-order valence-corrected chi connectivity index (χ1v) is 6.94. The third kappa shape index (κ3) is 2.73. The number of aryl methyl sites for hydroxylation is 1. The van der Waals surface area contributed by atoms with Crippen molar-refractivity contribution >= 4 is 34.1 Å². The van der Waals surface area contributed by atoms with Gasteiger partial charge in [0.15, 0.2) is 0 Å². The molecule has 1 amide bonds. The Hall–Kier alpha value is -2.39. The molecule has 0 atom stereocenters. The monoisotopic (exact) mass is 296 g/mol. The Morgan fingerprint density at radius 1 is 1.10 bits per heavy atom. The second-order valence-corrected chi connectivity index (χ2v) is 5.22. The highest BCUT2D eigenvalue weighted by Crippen LogP contribution is 2.27. The second kappa shape index (κ2) is 5.54. The number of pyridine rings is 1. The van der Waals surface area contributed by atoms with E-state index >= 15 is 0 Å². The highest BCUT2D eigenvalue weighted by Gasteiger charge is 2.09. The Bertz CT molecular complexity index is 813. The van der Waals surface area contributed by atoms with Crippen molar-refractivity contribution in [2.24, 2.45) is 0 Å². The molecule has 3 rings (SSSR count). The SMILES string of the molecule is Cc1ccc(C(=O)Nc2ccnc3c(Cl)cccc23)cc1. The van der Waals surface area contributed by atoms with Crippen molar-refractivity contribution in [2.75, 3.05) is 5.32 Å². The molecule has 4 heteroatoms. The molecule has 1 aromatic heterocycles. The average Bonchev–Trinajstić information content (AvgIpc) is 2.49. The van der Waals surface area contributed by atoms with Gasteiger partial charge in [0.1, 0.15) is 0 Å². The van der Waals surface area contributed by atoms with Gasteiger partial charge >= 0.3 is 0 Å². The number of para-hydroxylation sites is 1. The lowest BCUT2D eigenvalue weighted by Crippen LogP contribution is -2.12. The van der Waals surface area contributed by atoms with Gasteiger partial charge in [-0.15, -0.1) is 0 Å². The predicted octanol–water partition coefficient (Wildman–Crippen LogP) is 4.45. The molecule has 104 valence electrons. The topological polar surface area (TPSA) is 42.0 Å². The van der Waals surface area contributed by atoms with E-state index in [1.807, 2.05) is 31.2 Å². The average molecular weight is 297 g/mol. The van der Waals surface area contributed by atoms with Crippen LogP contribution in [-0.2, 0) is 0 Å². The molecule has 0 saturated heterocycles. The van der Waals surface area contributed by atoms with Crippen molar-refractivity contribution in [2.45, 2.75) is 6.92 Å². The maximum absolute atomic E-state index is 12.3. The van der Waals surface area contributed by atoms with Crippen molar-refractivity contribution in [1.82, 2.24) is 4.98 Å². The van der Waals surface area contributed by atoms with Crippen molar-refractivity contribution in [3.63, 3.8) is 0 Å². The lowest BCUT2D eigenvalue weighted by Gasteiger charge is -2.09. The van der Waals surface area contributed by atoms with Crippen molar-refractivity contribution in [3.05, 3.63) is 70.9 Å². The molecule has 0 aliphatic rings. The van der Waals surface area contributed by atoms with Crippen LogP contribution in [0.5, 0.6) is 0 Å². The van der Waals surface area contributed by atoms with Crippen molar-refractivity contribution < 1.29 is 4.79 Å². The van der Waals surface area contributed by atoms with E-state index in [4.69, 9.17) is 11.6 Å². The molecule has 3 aromatic rings. The van der Waals surface area contributed by atoms with Crippen LogP contribution >= 0.6 is 11.6 Å². The summed E-state index contributed by atoms with van der Waals surface area (Å²) in [6.45, 7) is 1.99. The fourth-order valence-corrected chi connectivity index (χ4v) is 2.37. The number of carbonyl (C=O) groups is 1. The number of anilines is 1. The van der Waals surface area contributed by atoms with Gasteiger partial charge in [-0.1, -0.05) is 41.4 Å². The van der Waals surface area contributed by atoms with Crippen LogP contribution in [0.4, 0.5) is 5.69 Å². The predicted molar refractivity (Wildman–Crippen MR) is 85.9 cm³/mol. The fourth-order valence-electron chi connectivity index (χ4n) is 2.15. The number of fused-ring (bicyclic) bond motifs is 1. The van der Waals surface area contributed by atoms with Crippen LogP contribution in [0.25, 0.3) is 10.9 Å². The summed E-state index contributed by atoms with van der Waals surface area (Å²) in [5.41, 5.74) is 3.12. The molecule has 0 fully saturated rings. The van der Waals surface area contributed by atoms with Crippen molar-refractivity contribution in [3.8, 4) is 0 Å². The van der Waals surface area contributed by atoms with Crippen LogP contribution in [0.1, 0.15) is 15.9 Å². The van der Waals surface area contributed by atoms with E-state index in [0.29, 0.717) is 21.8 Å². The normalized spacial score (nSPS) is 10.6. The highest BCUT2D eigenvalue weighted by molar-refractivity contribution is 6.35. The van der Waals surface area contributed by atoms with Gasteiger partial charge in [-0.2, -0.15) is 0 Å². The first-order valence-electron chi connectivity index (χ1n) is 6.56. The Kier molecular flexibility index (Phi) is 3.59. The highest BCUT2D eigenvalue weighted by atomic mass is 35.5. The van der Waals surface area contributed by atoms with Gasteiger partial charge in [0.2, 0.25) is 0 Å². The molecule has 0 aliphatic heterocycles. The van der Waals surface area contributed by atoms with Crippen LogP contribution in [0.2, 0.25) is 5.02 Å². The summed E-state index contributed by atoms with van der Waals surface area (Å²) in [6, 6.07) is 14.7. The number of aromatic nitrogens is 1. The van der Waals surface area contributed by atoms with Gasteiger partial charge < -0.3 is 5.32 Å². The zero-order valence-corrected chi connectivity index (χ0v) is 12.2. The maximum Gasteiger partial charge on any atom is 0.255 e. The standard InChI is InChI=1S/C17H13ClN2O/c1-11-5-7-12(8-6-11)17(21)20-15-9-10-19-16-13(15)3-2-4-14(16)18/h2-10H,1H3,(H,19,20,21). The van der Waals surface area contributed by atoms with Crippen LogP contribution in [0, 0.1) is 6.92 Å². The number of benzene rings is 2. The van der Waals surface area contributed by atoms with E-state index < -0.39 is 0 Å². The molecule has 0 saturated carbocycles. The fraction of sp³-hybridized carbons (Fsp3) is 0.0588. The summed E-state index contributed by atoms with van der Waals surface area (Å²) in [7, 11) is 0. The molecule has 3 nitrogen and oxygen atoms in total. The van der Waals surface area contributed by atoms with Crippen LogP contribution in [0.15, 0.2) is 54.7 Å². The quantitative estimate of drug-likeness (QED) is 0.759. The molecule has 1 N–H and O–H groups in total. The zero-order chi connectivity index (χ0) is 14.8. The Morgan fingerprint density at radius 2 is 1.86 bits per heavy atom. The molecule has 0 spiro atoms. The van der Waals surface area contributed by atoms with E-state index in [0.717, 1.165) is 10.9 Å². The Balaban J connectivity index is 1.96. The van der Waals surface area contributed by atoms with E-state index in [1.165, 1.54) is 0 Å². The third-order valence-corrected chi connectivity index (χ3v) is 3.59. The van der Waals surface area contributed by atoms with Gasteiger partial charge in [-0.05, 0) is 31.2 Å². The first-order chi connectivity index (χ1) is 10.1. The number of amides is 1. The molecule has 0 aliphatic carbocycles. The van der Waals surface area contributed by atoms with Crippen molar-refractivity contribution in [1.29, 1.82) is 0 Å². The number of hydrogen-bond donors (Lipinski definition) is 1. The number of nitrogens with zero attached hydrogens (tertiary/aromatic N) is 1. The summed E-state index contributed by atoms with van der Waals surface area (Å²) in [5.74, 6) is -0.150. The largest absolute Gasteiger partial charge is 0.321 e. The van der Waals surface area contributed by atoms with Crippen LogP contribution < -0.4 is 5.32 Å². The lowest BCUT2D eigenvalue weighted by atomic mass is 10.1. The van der Waals surface area contributed by atoms with Gasteiger partial charge in [-0.3, -0.25) is 9.78 Å². The molecule has 1 heterocycles. The molecule has 2 aromatic carbocycles. The van der Waals surface area contributed by atoms with Gasteiger partial charge in [0.05, 0.1) is 16.2 Å². The summed E-state index contributed by atoms with van der Waals surface area (Å²) in [6.07, 6.45) is 1.64. The number of nitrogens with one attached hydrogen (secondary N) is 1. The Labute approximate surface area is 127 Å². The molecular weight excluding hydrogens is 284 g/mol. The molecule has 21 heavy (non-hydrogen) atoms. The lowest BCUT2D eigenvalue weighted by molar-refractivity contribution is 0.102. The molecule has 0 radical (unpaired) electrons. The smallest absolute Gasteiger partial charge is 0.255 e. The summed E-state index contributed by atoms with van der Waals surface area (Å²) < 4.78 is 0. The summed E-state index contributed by atoms with van der Waals surface area (Å²) in [4.78, 5) is 16.5. The molecule has 0 bridgehead atoms. The number of carbonyl (C=O) groups excluding carboxylic acids is 1. The van der Waals surface area contributed by atoms with E-state index in [9.17, 15) is 4.79 Å². The number of hydrogen-bond acceptors (Lipinski definition) is 2. The third-order valence-electron chi connectivity index (χ3n) is 3.28. The van der Waals surface area contributed by atoms with E-state index in [2.05, 4.69) is 10.3 Å². The molecule has 0 unspecified atom stereocenters. The minimum absolute atomic E-state index is 0.150. The van der Waals surface area contributed by atoms with E-state index in [-0.39, 0.29) is 5.91 Å². The van der Waals surface area contributed by atoms with Gasteiger partial charge in [0.25, 0.3) is 5.91 Å². The second-order valence-electron chi connectivity index (χ2n) is 4.81.